The van der Waals surface area contributed by atoms with Crippen molar-refractivity contribution in [3.63, 3.8) is 0 Å². The second-order valence-electron chi connectivity index (χ2n) is 7.12. The van der Waals surface area contributed by atoms with Crippen molar-refractivity contribution in [2.24, 2.45) is 0 Å². The monoisotopic (exact) mass is 473 g/mol. The highest BCUT2D eigenvalue weighted by atomic mass is 32.1. The van der Waals surface area contributed by atoms with E-state index in [0.717, 1.165) is 12.0 Å². The molecule has 174 valence electrons. The van der Waals surface area contributed by atoms with Crippen molar-refractivity contribution in [3.05, 3.63) is 52.5 Å². The number of alkyl halides is 3. The molecule has 2 aromatic rings. The second kappa shape index (κ2) is 11.0. The van der Waals surface area contributed by atoms with Crippen LogP contribution >= 0.6 is 11.3 Å². The molecule has 1 amide bonds. The molecule has 0 bridgehead atoms. The molecule has 1 aliphatic rings. The Labute approximate surface area is 185 Å². The van der Waals surface area contributed by atoms with Crippen LogP contribution < -0.4 is 0 Å². The Bertz CT molecular complexity index is 909. The number of carboxylic acids is 2. The summed E-state index contributed by atoms with van der Waals surface area (Å²) in [4.78, 5) is 41.0. The zero-order valence-electron chi connectivity index (χ0n) is 17.0. The smallest absolute Gasteiger partial charge is 0.480 e. The lowest BCUT2D eigenvalue weighted by Gasteiger charge is -2.40. The average molecular weight is 473 g/mol. The molecule has 2 N–H and O–H groups in total. The Morgan fingerprint density at radius 2 is 1.97 bits per heavy atom. The summed E-state index contributed by atoms with van der Waals surface area (Å²) in [6.07, 6.45) is -0.336. The quantitative estimate of drug-likeness (QED) is 0.687. The van der Waals surface area contributed by atoms with Crippen molar-refractivity contribution in [1.29, 1.82) is 0 Å². The lowest BCUT2D eigenvalue weighted by atomic mass is 9.95. The average Bonchev–Trinajstić information content (AvgIpc) is 3.28. The summed E-state index contributed by atoms with van der Waals surface area (Å²) in [5.41, 5.74) is 1.66. The number of aromatic nitrogens is 1. The first kappa shape index (κ1) is 25.3. The fourth-order valence-electron chi connectivity index (χ4n) is 3.29. The van der Waals surface area contributed by atoms with Crippen LogP contribution in [0.4, 0.5) is 13.2 Å². The van der Waals surface area contributed by atoms with Gasteiger partial charge in [0.2, 0.25) is 0 Å². The lowest BCUT2D eigenvalue weighted by molar-refractivity contribution is -0.192. The standard InChI is InChI=1S/C18H21N3O3S.C2HF3O2/c1-20(11-13-3-2-6-19-10-13)15-4-7-21(16(9-15)18(23)24)17(22)14-5-8-25-12-14;3-2(4,5)1(6)7/h2-3,5-6,8,10,12,15-16H,4,7,9,11H2,1H3,(H,23,24);(H,6,7). The first-order valence-electron chi connectivity index (χ1n) is 9.46. The summed E-state index contributed by atoms with van der Waals surface area (Å²) in [6.45, 7) is 1.16. The number of hydrogen-bond donors (Lipinski definition) is 2. The van der Waals surface area contributed by atoms with Gasteiger partial charge in [0, 0.05) is 36.9 Å². The summed E-state index contributed by atoms with van der Waals surface area (Å²) in [7, 11) is 1.99. The van der Waals surface area contributed by atoms with Gasteiger partial charge in [0.05, 0.1) is 5.56 Å². The topological polar surface area (TPSA) is 111 Å². The summed E-state index contributed by atoms with van der Waals surface area (Å²) in [6, 6.07) is 4.97. The normalized spacial score (nSPS) is 18.6. The summed E-state index contributed by atoms with van der Waals surface area (Å²) in [5.74, 6) is -3.89. The first-order chi connectivity index (χ1) is 15.0. The van der Waals surface area contributed by atoms with E-state index in [-0.39, 0.29) is 11.9 Å². The van der Waals surface area contributed by atoms with E-state index in [4.69, 9.17) is 9.90 Å². The molecule has 8 nitrogen and oxygen atoms in total. The Kier molecular flexibility index (Phi) is 8.72. The molecule has 1 saturated heterocycles. The molecule has 2 unspecified atom stereocenters. The van der Waals surface area contributed by atoms with Gasteiger partial charge in [-0.3, -0.25) is 14.7 Å². The number of carbonyl (C=O) groups excluding carboxylic acids is 1. The number of thiophene rings is 1. The SMILES string of the molecule is CN(Cc1cccnc1)C1CCN(C(=O)c2ccsc2)C(C(=O)O)C1.O=C(O)C(F)(F)F. The van der Waals surface area contributed by atoms with Gasteiger partial charge in [0.25, 0.3) is 5.91 Å². The van der Waals surface area contributed by atoms with Crippen LogP contribution in [0, 0.1) is 0 Å². The third-order valence-corrected chi connectivity index (χ3v) is 5.59. The zero-order valence-corrected chi connectivity index (χ0v) is 17.8. The van der Waals surface area contributed by atoms with Gasteiger partial charge in [-0.2, -0.15) is 24.5 Å². The van der Waals surface area contributed by atoms with Crippen molar-refractivity contribution >= 4 is 29.2 Å². The van der Waals surface area contributed by atoms with Crippen molar-refractivity contribution < 1.29 is 37.8 Å². The van der Waals surface area contributed by atoms with Crippen LogP contribution in [0.3, 0.4) is 0 Å². The predicted molar refractivity (Wildman–Crippen MR) is 109 cm³/mol. The minimum atomic E-state index is -5.08. The molecule has 1 aliphatic heterocycles. The molecule has 1 fully saturated rings. The van der Waals surface area contributed by atoms with Crippen LogP contribution in [0.2, 0.25) is 0 Å². The van der Waals surface area contributed by atoms with E-state index >= 15 is 0 Å². The number of pyridine rings is 1. The van der Waals surface area contributed by atoms with Crippen molar-refractivity contribution in [2.45, 2.75) is 37.6 Å². The molecule has 0 aliphatic carbocycles. The molecule has 3 rings (SSSR count). The van der Waals surface area contributed by atoms with Gasteiger partial charge < -0.3 is 15.1 Å². The van der Waals surface area contributed by atoms with Gasteiger partial charge in [-0.25, -0.2) is 9.59 Å². The molecule has 32 heavy (non-hydrogen) atoms. The maximum Gasteiger partial charge on any atom is 0.490 e. The number of halogens is 3. The molecule has 3 heterocycles. The fraction of sp³-hybridized carbons (Fsp3) is 0.400. The Balaban J connectivity index is 0.000000451. The van der Waals surface area contributed by atoms with Crippen LogP contribution in [0.1, 0.15) is 28.8 Å². The van der Waals surface area contributed by atoms with Crippen LogP contribution in [0.5, 0.6) is 0 Å². The molecule has 0 saturated carbocycles. The molecule has 2 aromatic heterocycles. The third kappa shape index (κ3) is 7.02. The number of carboxylic acid groups (broad SMARTS) is 2. The molecular formula is C20H22F3N3O5S. The number of likely N-dealkylation sites (tertiary alicyclic amines) is 1. The highest BCUT2D eigenvalue weighted by Gasteiger charge is 2.39. The van der Waals surface area contributed by atoms with Crippen LogP contribution in [-0.2, 0) is 16.1 Å². The number of amides is 1. The first-order valence-corrected chi connectivity index (χ1v) is 10.4. The van der Waals surface area contributed by atoms with E-state index in [1.807, 2.05) is 30.8 Å². The van der Waals surface area contributed by atoms with Crippen LogP contribution in [0.15, 0.2) is 41.4 Å². The molecule has 2 atom stereocenters. The predicted octanol–water partition coefficient (Wildman–Crippen LogP) is 2.97. The minimum absolute atomic E-state index is 0.118. The third-order valence-electron chi connectivity index (χ3n) is 4.91. The largest absolute Gasteiger partial charge is 0.490 e. The van der Waals surface area contributed by atoms with Crippen molar-refractivity contribution in [2.75, 3.05) is 13.6 Å². The van der Waals surface area contributed by atoms with E-state index in [0.29, 0.717) is 25.1 Å². The Morgan fingerprint density at radius 1 is 1.28 bits per heavy atom. The maximum absolute atomic E-state index is 12.6. The molecule has 0 spiro atoms. The molecule has 0 aromatic carbocycles. The fourth-order valence-corrected chi connectivity index (χ4v) is 3.91. The highest BCUT2D eigenvalue weighted by Crippen LogP contribution is 2.25. The van der Waals surface area contributed by atoms with E-state index < -0.39 is 24.2 Å². The molecular weight excluding hydrogens is 451 g/mol. The number of aliphatic carboxylic acids is 2. The minimum Gasteiger partial charge on any atom is -0.480 e. The van der Waals surface area contributed by atoms with Crippen molar-refractivity contribution in [1.82, 2.24) is 14.8 Å². The van der Waals surface area contributed by atoms with Gasteiger partial charge in [-0.15, -0.1) is 0 Å². The summed E-state index contributed by atoms with van der Waals surface area (Å²) < 4.78 is 31.7. The summed E-state index contributed by atoms with van der Waals surface area (Å²) >= 11 is 1.44. The highest BCUT2D eigenvalue weighted by molar-refractivity contribution is 7.08. The van der Waals surface area contributed by atoms with Gasteiger partial charge in [0.1, 0.15) is 6.04 Å². The number of hydrogen-bond acceptors (Lipinski definition) is 6. The van der Waals surface area contributed by atoms with E-state index in [9.17, 15) is 27.9 Å². The zero-order chi connectivity index (χ0) is 23.9. The number of piperidine rings is 1. The summed E-state index contributed by atoms with van der Waals surface area (Å²) in [5, 5.41) is 20.3. The van der Waals surface area contributed by atoms with E-state index in [1.54, 1.807) is 17.6 Å². The Morgan fingerprint density at radius 3 is 2.47 bits per heavy atom. The number of rotatable bonds is 5. The Hall–Kier alpha value is -2.99. The van der Waals surface area contributed by atoms with Gasteiger partial charge in [-0.1, -0.05) is 6.07 Å². The van der Waals surface area contributed by atoms with Crippen LogP contribution in [-0.4, -0.2) is 74.7 Å². The second-order valence-corrected chi connectivity index (χ2v) is 7.90. The lowest BCUT2D eigenvalue weighted by Crippen LogP contribution is -2.54. The van der Waals surface area contributed by atoms with E-state index in [1.165, 1.54) is 16.2 Å². The van der Waals surface area contributed by atoms with Gasteiger partial charge >= 0.3 is 18.1 Å². The maximum atomic E-state index is 12.6. The van der Waals surface area contributed by atoms with Crippen molar-refractivity contribution in [3.8, 4) is 0 Å². The van der Waals surface area contributed by atoms with Crippen LogP contribution in [0.25, 0.3) is 0 Å². The molecule has 12 heteroatoms. The number of carbonyl (C=O) groups is 3. The van der Waals surface area contributed by atoms with Gasteiger partial charge in [-0.05, 0) is 43.0 Å². The number of nitrogens with zero attached hydrogens (tertiary/aromatic N) is 3. The molecule has 0 radical (unpaired) electrons. The van der Waals surface area contributed by atoms with E-state index in [2.05, 4.69) is 9.88 Å². The van der Waals surface area contributed by atoms with Gasteiger partial charge in [0.15, 0.2) is 0 Å².